The molecule has 1 aromatic carbocycles. The number of nitrogens with zero attached hydrogens (tertiary/aromatic N) is 1. The van der Waals surface area contributed by atoms with E-state index in [1.807, 2.05) is 0 Å². The van der Waals surface area contributed by atoms with Crippen LogP contribution in [-0.4, -0.2) is 34.8 Å². The second kappa shape index (κ2) is 7.36. The fourth-order valence-electron chi connectivity index (χ4n) is 1.61. The molecule has 100 valence electrons. The molecule has 0 aliphatic rings. The first-order valence-electron chi connectivity index (χ1n) is 5.86. The molecular weight excluding hydrogens is 301 g/mol. The number of phenols is 1. The Morgan fingerprint density at radius 2 is 2.11 bits per heavy atom. The van der Waals surface area contributed by atoms with Crippen LogP contribution in [0, 0.1) is 5.82 Å². The molecule has 0 unspecified atom stereocenters. The average molecular weight is 318 g/mol. The van der Waals surface area contributed by atoms with E-state index in [0.29, 0.717) is 6.54 Å². The number of unbranched alkanes of at least 4 members (excludes halogenated alkanes) is 2. The molecule has 3 nitrogen and oxygen atoms in total. The Kier molecular flexibility index (Phi) is 6.12. The quantitative estimate of drug-likeness (QED) is 0.646. The van der Waals surface area contributed by atoms with Crippen molar-refractivity contribution in [3.8, 4) is 5.75 Å². The van der Waals surface area contributed by atoms with Crippen molar-refractivity contribution in [2.24, 2.45) is 0 Å². The van der Waals surface area contributed by atoms with Crippen LogP contribution in [-0.2, 0) is 0 Å². The minimum Gasteiger partial charge on any atom is -0.507 e. The van der Waals surface area contributed by atoms with Gasteiger partial charge in [-0.25, -0.2) is 4.39 Å². The second-order valence-electron chi connectivity index (χ2n) is 4.14. The molecule has 1 rings (SSSR count). The number of hydrogen-bond acceptors (Lipinski definition) is 2. The van der Waals surface area contributed by atoms with Gasteiger partial charge in [0.1, 0.15) is 11.6 Å². The Bertz CT molecular complexity index is 412. The van der Waals surface area contributed by atoms with Gasteiger partial charge in [0, 0.05) is 25.0 Å². The third-order valence-corrected chi connectivity index (χ3v) is 3.22. The highest BCUT2D eigenvalue weighted by atomic mass is 79.9. The maximum atomic E-state index is 12.8. The lowest BCUT2D eigenvalue weighted by atomic mass is 10.1. The van der Waals surface area contributed by atoms with Crippen LogP contribution in [0.1, 0.15) is 29.6 Å². The summed E-state index contributed by atoms with van der Waals surface area (Å²) in [5, 5.41) is 10.5. The minimum absolute atomic E-state index is 0.138. The summed E-state index contributed by atoms with van der Waals surface area (Å²) in [4.78, 5) is 13.5. The molecule has 1 aromatic rings. The number of phenolic OH excluding ortho intramolecular Hbond substituents is 1. The largest absolute Gasteiger partial charge is 0.507 e. The zero-order valence-corrected chi connectivity index (χ0v) is 11.9. The van der Waals surface area contributed by atoms with Gasteiger partial charge in [-0.1, -0.05) is 22.4 Å². The number of aromatic hydroxyl groups is 1. The number of hydrogen-bond donors (Lipinski definition) is 1. The van der Waals surface area contributed by atoms with Crippen LogP contribution in [0.3, 0.4) is 0 Å². The van der Waals surface area contributed by atoms with E-state index in [1.165, 1.54) is 12.1 Å². The molecular formula is C13H17BrFNO2. The highest BCUT2D eigenvalue weighted by molar-refractivity contribution is 9.09. The Morgan fingerprint density at radius 3 is 2.72 bits per heavy atom. The number of carbonyl (C=O) groups is 1. The van der Waals surface area contributed by atoms with Gasteiger partial charge < -0.3 is 10.0 Å². The van der Waals surface area contributed by atoms with Crippen LogP contribution in [0.4, 0.5) is 4.39 Å². The van der Waals surface area contributed by atoms with E-state index in [2.05, 4.69) is 15.9 Å². The Labute approximate surface area is 115 Å². The van der Waals surface area contributed by atoms with Crippen LogP contribution >= 0.6 is 15.9 Å². The maximum Gasteiger partial charge on any atom is 0.257 e. The predicted molar refractivity (Wildman–Crippen MR) is 72.7 cm³/mol. The number of halogens is 2. The van der Waals surface area contributed by atoms with Gasteiger partial charge in [0.2, 0.25) is 0 Å². The molecule has 0 atom stereocenters. The van der Waals surface area contributed by atoms with Crippen molar-refractivity contribution in [1.29, 1.82) is 0 Å². The lowest BCUT2D eigenvalue weighted by molar-refractivity contribution is 0.0789. The van der Waals surface area contributed by atoms with Gasteiger partial charge in [0.05, 0.1) is 5.56 Å². The number of rotatable bonds is 6. The SMILES string of the molecule is CN(CCCCCBr)C(=O)c1ccc(F)cc1O. The molecule has 1 amide bonds. The van der Waals surface area contributed by atoms with Crippen molar-refractivity contribution < 1.29 is 14.3 Å². The van der Waals surface area contributed by atoms with Gasteiger partial charge in [-0.15, -0.1) is 0 Å². The number of carbonyl (C=O) groups excluding carboxylic acids is 1. The first-order valence-corrected chi connectivity index (χ1v) is 6.98. The van der Waals surface area contributed by atoms with E-state index >= 15 is 0 Å². The van der Waals surface area contributed by atoms with Crippen LogP contribution in [0.15, 0.2) is 18.2 Å². The van der Waals surface area contributed by atoms with Crippen molar-refractivity contribution in [3.63, 3.8) is 0 Å². The van der Waals surface area contributed by atoms with E-state index < -0.39 is 5.82 Å². The average Bonchev–Trinajstić information content (AvgIpc) is 2.33. The van der Waals surface area contributed by atoms with E-state index in [4.69, 9.17) is 0 Å². The molecule has 0 heterocycles. The van der Waals surface area contributed by atoms with Crippen LogP contribution < -0.4 is 0 Å². The van der Waals surface area contributed by atoms with Crippen molar-refractivity contribution >= 4 is 21.8 Å². The topological polar surface area (TPSA) is 40.5 Å². The molecule has 0 fully saturated rings. The molecule has 0 saturated heterocycles. The molecule has 0 radical (unpaired) electrons. The summed E-state index contributed by atoms with van der Waals surface area (Å²) in [5.74, 6) is -1.15. The van der Waals surface area contributed by atoms with Crippen molar-refractivity contribution in [2.75, 3.05) is 18.9 Å². The zero-order valence-electron chi connectivity index (χ0n) is 10.3. The third-order valence-electron chi connectivity index (χ3n) is 2.66. The Balaban J connectivity index is 2.57. The lowest BCUT2D eigenvalue weighted by Crippen LogP contribution is -2.27. The van der Waals surface area contributed by atoms with Crippen molar-refractivity contribution in [2.45, 2.75) is 19.3 Å². The van der Waals surface area contributed by atoms with Crippen molar-refractivity contribution in [3.05, 3.63) is 29.6 Å². The van der Waals surface area contributed by atoms with E-state index in [0.717, 1.165) is 30.7 Å². The molecule has 18 heavy (non-hydrogen) atoms. The number of benzene rings is 1. The normalized spacial score (nSPS) is 10.4. The van der Waals surface area contributed by atoms with Gasteiger partial charge in [0.25, 0.3) is 5.91 Å². The summed E-state index contributed by atoms with van der Waals surface area (Å²) in [5.41, 5.74) is 0.138. The van der Waals surface area contributed by atoms with Crippen LogP contribution in [0.2, 0.25) is 0 Å². The molecule has 0 bridgehead atoms. The Morgan fingerprint density at radius 1 is 1.39 bits per heavy atom. The summed E-state index contributed by atoms with van der Waals surface area (Å²) in [6.45, 7) is 0.628. The number of amides is 1. The van der Waals surface area contributed by atoms with Gasteiger partial charge in [-0.05, 0) is 25.0 Å². The molecule has 5 heteroatoms. The van der Waals surface area contributed by atoms with Gasteiger partial charge >= 0.3 is 0 Å². The minimum atomic E-state index is -0.552. The highest BCUT2D eigenvalue weighted by Crippen LogP contribution is 2.19. The Hall–Kier alpha value is -1.10. The van der Waals surface area contributed by atoms with Crippen molar-refractivity contribution in [1.82, 2.24) is 4.90 Å². The first-order chi connectivity index (χ1) is 8.56. The van der Waals surface area contributed by atoms with Gasteiger partial charge in [-0.3, -0.25) is 4.79 Å². The molecule has 0 aliphatic carbocycles. The third kappa shape index (κ3) is 4.29. The van der Waals surface area contributed by atoms with E-state index in [9.17, 15) is 14.3 Å². The van der Waals surface area contributed by atoms with Gasteiger partial charge in [0.15, 0.2) is 0 Å². The molecule has 0 saturated carbocycles. The summed E-state index contributed by atoms with van der Waals surface area (Å²) in [6.07, 6.45) is 3.03. The monoisotopic (exact) mass is 317 g/mol. The number of alkyl halides is 1. The van der Waals surface area contributed by atoms with Crippen LogP contribution in [0.25, 0.3) is 0 Å². The fourth-order valence-corrected chi connectivity index (χ4v) is 2.01. The summed E-state index contributed by atoms with van der Waals surface area (Å²) >= 11 is 3.35. The van der Waals surface area contributed by atoms with E-state index in [-0.39, 0.29) is 17.2 Å². The summed E-state index contributed by atoms with van der Waals surface area (Å²) in [7, 11) is 1.68. The van der Waals surface area contributed by atoms with E-state index in [1.54, 1.807) is 11.9 Å². The van der Waals surface area contributed by atoms with Crippen LogP contribution in [0.5, 0.6) is 5.75 Å². The summed E-state index contributed by atoms with van der Waals surface area (Å²) in [6, 6.07) is 3.43. The van der Waals surface area contributed by atoms with Gasteiger partial charge in [-0.2, -0.15) is 0 Å². The lowest BCUT2D eigenvalue weighted by Gasteiger charge is -2.17. The molecule has 0 aromatic heterocycles. The fraction of sp³-hybridized carbons (Fsp3) is 0.462. The second-order valence-corrected chi connectivity index (χ2v) is 4.93. The zero-order chi connectivity index (χ0) is 13.5. The first kappa shape index (κ1) is 15.0. The summed E-state index contributed by atoms with van der Waals surface area (Å²) < 4.78 is 12.8. The smallest absolute Gasteiger partial charge is 0.257 e. The molecule has 0 aliphatic heterocycles. The highest BCUT2D eigenvalue weighted by Gasteiger charge is 2.15. The maximum absolute atomic E-state index is 12.8. The molecule has 0 spiro atoms. The standard InChI is InChI=1S/C13H17BrFNO2/c1-16(8-4-2-3-7-14)13(18)11-6-5-10(15)9-12(11)17/h5-6,9,17H,2-4,7-8H2,1H3. The predicted octanol–water partition coefficient (Wildman–Crippen LogP) is 3.17. The molecule has 1 N–H and O–H groups in total.